The summed E-state index contributed by atoms with van der Waals surface area (Å²) in [5, 5.41) is 8.78. The number of hydrogen-bond acceptors (Lipinski definition) is 3. The first-order valence-electron chi connectivity index (χ1n) is 1.98. The second kappa shape index (κ2) is 2.93. The standard InChI is InChI=1S/C4H8O2S/c1-3(5)6-4(2)7/h3,5H,1-2H3. The molecule has 0 aromatic carbocycles. The molecule has 0 saturated heterocycles. The van der Waals surface area contributed by atoms with Gasteiger partial charge in [0.05, 0.1) is 0 Å². The first kappa shape index (κ1) is 6.85. The average molecular weight is 120 g/mol. The van der Waals surface area contributed by atoms with Crippen LogP contribution in [0.25, 0.3) is 0 Å². The maximum Gasteiger partial charge on any atom is 0.195 e. The normalized spacial score (nSPS) is 13.0. The molecular weight excluding hydrogens is 112 g/mol. The Morgan fingerprint density at radius 2 is 2.29 bits per heavy atom. The smallest absolute Gasteiger partial charge is 0.195 e. The summed E-state index contributed by atoms with van der Waals surface area (Å²) in [5.41, 5.74) is 0. The zero-order chi connectivity index (χ0) is 5.86. The van der Waals surface area contributed by atoms with Crippen molar-refractivity contribution in [3.63, 3.8) is 0 Å². The lowest BCUT2D eigenvalue weighted by Gasteiger charge is -2.03. The highest BCUT2D eigenvalue weighted by Crippen LogP contribution is 1.85. The molecule has 0 aromatic heterocycles. The Balaban J connectivity index is 3.13. The number of hydrogen-bond donors (Lipinski definition) is 1. The topological polar surface area (TPSA) is 29.5 Å². The minimum atomic E-state index is -0.766. The van der Waals surface area contributed by atoms with Crippen LogP contribution in [0.5, 0.6) is 0 Å². The minimum Gasteiger partial charge on any atom is -0.459 e. The summed E-state index contributed by atoms with van der Waals surface area (Å²) in [6.45, 7) is 3.12. The molecule has 1 N–H and O–H groups in total. The summed E-state index contributed by atoms with van der Waals surface area (Å²) in [4.78, 5) is 0. The van der Waals surface area contributed by atoms with E-state index < -0.39 is 6.29 Å². The zero-order valence-corrected chi connectivity index (χ0v) is 5.16. The van der Waals surface area contributed by atoms with E-state index in [1.807, 2.05) is 0 Å². The molecule has 1 atom stereocenters. The van der Waals surface area contributed by atoms with Crippen LogP contribution in [0.1, 0.15) is 13.8 Å². The molecule has 0 radical (unpaired) electrons. The van der Waals surface area contributed by atoms with E-state index in [1.54, 1.807) is 6.92 Å². The first-order chi connectivity index (χ1) is 3.13. The molecule has 3 heteroatoms. The van der Waals surface area contributed by atoms with Gasteiger partial charge >= 0.3 is 0 Å². The van der Waals surface area contributed by atoms with Gasteiger partial charge in [-0.1, -0.05) is 0 Å². The van der Waals surface area contributed by atoms with Gasteiger partial charge in [-0.3, -0.25) is 0 Å². The summed E-state index contributed by atoms with van der Waals surface area (Å²) in [6, 6.07) is 0. The highest BCUT2D eigenvalue weighted by atomic mass is 32.1. The Labute approximate surface area is 48.1 Å². The molecule has 0 aromatic rings. The van der Waals surface area contributed by atoms with Crippen LogP contribution in [0.2, 0.25) is 0 Å². The molecule has 0 heterocycles. The van der Waals surface area contributed by atoms with E-state index in [9.17, 15) is 0 Å². The fourth-order valence-electron chi connectivity index (χ4n) is 0.240. The predicted molar refractivity (Wildman–Crippen MR) is 31.0 cm³/mol. The summed E-state index contributed by atoms with van der Waals surface area (Å²) < 4.78 is 4.54. The van der Waals surface area contributed by atoms with E-state index in [2.05, 4.69) is 17.0 Å². The van der Waals surface area contributed by atoms with Gasteiger partial charge in [-0.2, -0.15) is 0 Å². The van der Waals surface area contributed by atoms with Crippen LogP contribution in [-0.4, -0.2) is 16.4 Å². The molecule has 0 bridgehead atoms. The molecule has 0 amide bonds. The van der Waals surface area contributed by atoms with Crippen molar-refractivity contribution in [2.24, 2.45) is 0 Å². The number of ether oxygens (including phenoxy) is 1. The van der Waals surface area contributed by atoms with E-state index in [1.165, 1.54) is 6.92 Å². The molecule has 0 aliphatic carbocycles. The average Bonchev–Trinajstić information content (AvgIpc) is 1.27. The number of thiocarbonyl (C=S) groups is 1. The van der Waals surface area contributed by atoms with Crippen LogP contribution in [-0.2, 0) is 4.74 Å². The second-order valence-electron chi connectivity index (χ2n) is 1.21. The highest BCUT2D eigenvalue weighted by molar-refractivity contribution is 7.80. The SMILES string of the molecule is CC(=S)OC(C)O. The Bertz CT molecular complexity index is 70.1. The predicted octanol–water partition coefficient (Wildman–Crippen LogP) is 0.689. The van der Waals surface area contributed by atoms with Crippen LogP contribution < -0.4 is 0 Å². The van der Waals surface area contributed by atoms with Crippen LogP contribution in [0.3, 0.4) is 0 Å². The largest absolute Gasteiger partial charge is 0.459 e. The number of rotatable bonds is 1. The molecule has 1 unspecified atom stereocenters. The minimum absolute atomic E-state index is 0.370. The van der Waals surface area contributed by atoms with Crippen molar-refractivity contribution in [2.75, 3.05) is 0 Å². The van der Waals surface area contributed by atoms with Gasteiger partial charge in [0.1, 0.15) is 0 Å². The summed E-state index contributed by atoms with van der Waals surface area (Å²) in [5.74, 6) is 0. The van der Waals surface area contributed by atoms with Gasteiger partial charge in [-0.25, -0.2) is 0 Å². The lowest BCUT2D eigenvalue weighted by molar-refractivity contribution is -0.00846. The van der Waals surface area contributed by atoms with Crippen LogP contribution in [0.4, 0.5) is 0 Å². The van der Waals surface area contributed by atoms with E-state index in [4.69, 9.17) is 5.11 Å². The number of aliphatic hydroxyl groups is 1. The van der Waals surface area contributed by atoms with Crippen molar-refractivity contribution >= 4 is 17.3 Å². The van der Waals surface area contributed by atoms with Crippen LogP contribution in [0, 0.1) is 0 Å². The summed E-state index contributed by atoms with van der Waals surface area (Å²) >= 11 is 4.49. The van der Waals surface area contributed by atoms with Gasteiger partial charge in [0.25, 0.3) is 0 Å². The lowest BCUT2D eigenvalue weighted by Crippen LogP contribution is -2.08. The third-order valence-corrected chi connectivity index (χ3v) is 0.433. The van der Waals surface area contributed by atoms with Crippen molar-refractivity contribution in [1.29, 1.82) is 0 Å². The highest BCUT2D eigenvalue weighted by Gasteiger charge is 1.91. The molecule has 0 fully saturated rings. The van der Waals surface area contributed by atoms with Gasteiger partial charge in [0, 0.05) is 6.92 Å². The molecule has 2 nitrogen and oxygen atoms in total. The fourth-order valence-corrected chi connectivity index (χ4v) is 0.379. The van der Waals surface area contributed by atoms with Gasteiger partial charge in [0.2, 0.25) is 0 Å². The van der Waals surface area contributed by atoms with Crippen LogP contribution >= 0.6 is 12.2 Å². The molecule has 7 heavy (non-hydrogen) atoms. The Hall–Kier alpha value is -0.150. The van der Waals surface area contributed by atoms with Crippen molar-refractivity contribution in [2.45, 2.75) is 20.1 Å². The number of aliphatic hydroxyl groups excluding tert-OH is 1. The second-order valence-corrected chi connectivity index (χ2v) is 1.78. The van der Waals surface area contributed by atoms with Gasteiger partial charge in [-0.05, 0) is 19.1 Å². The Kier molecular flexibility index (Phi) is 2.87. The van der Waals surface area contributed by atoms with E-state index in [-0.39, 0.29) is 0 Å². The van der Waals surface area contributed by atoms with Crippen molar-refractivity contribution in [3.05, 3.63) is 0 Å². The van der Waals surface area contributed by atoms with Crippen molar-refractivity contribution in [1.82, 2.24) is 0 Å². The fraction of sp³-hybridized carbons (Fsp3) is 0.750. The molecule has 0 aliphatic heterocycles. The van der Waals surface area contributed by atoms with Crippen molar-refractivity contribution in [3.8, 4) is 0 Å². The van der Waals surface area contributed by atoms with Gasteiger partial charge in [-0.15, -0.1) is 0 Å². The van der Waals surface area contributed by atoms with Crippen molar-refractivity contribution < 1.29 is 9.84 Å². The summed E-state index contributed by atoms with van der Waals surface area (Å²) in [6.07, 6.45) is -0.766. The van der Waals surface area contributed by atoms with Gasteiger partial charge in [0.15, 0.2) is 11.3 Å². The third kappa shape index (κ3) is 5.85. The molecule has 0 rings (SSSR count). The quantitative estimate of drug-likeness (QED) is 0.408. The first-order valence-corrected chi connectivity index (χ1v) is 2.39. The molecule has 42 valence electrons. The molecule has 0 saturated carbocycles. The molecule has 0 aliphatic rings. The third-order valence-electron chi connectivity index (χ3n) is 0.337. The Morgan fingerprint density at radius 3 is 2.29 bits per heavy atom. The Morgan fingerprint density at radius 1 is 1.86 bits per heavy atom. The molecule has 0 spiro atoms. The van der Waals surface area contributed by atoms with Crippen LogP contribution in [0.15, 0.2) is 0 Å². The van der Waals surface area contributed by atoms with E-state index in [0.29, 0.717) is 5.05 Å². The maximum atomic E-state index is 8.41. The van der Waals surface area contributed by atoms with E-state index in [0.717, 1.165) is 0 Å². The molecular formula is C4H8O2S. The zero-order valence-electron chi connectivity index (χ0n) is 4.34. The van der Waals surface area contributed by atoms with E-state index >= 15 is 0 Å². The summed E-state index contributed by atoms with van der Waals surface area (Å²) in [7, 11) is 0. The van der Waals surface area contributed by atoms with Gasteiger partial charge < -0.3 is 9.84 Å². The lowest BCUT2D eigenvalue weighted by atomic mass is 10.7. The monoisotopic (exact) mass is 120 g/mol. The maximum absolute atomic E-state index is 8.41.